The van der Waals surface area contributed by atoms with Gasteiger partial charge in [-0.05, 0) is 53.6 Å². The third-order valence-electron chi connectivity index (χ3n) is 5.93. The number of fused-ring (bicyclic) bond motifs is 1. The molecular weight excluding hydrogens is 406 g/mol. The standard InChI is InChI=1S/C24H23N5O3/c25-12-16-9-15(2-4-22(16)32-17-5-7-31-8-6-17)23-18-11-20(29-24(18)28-13-27-23)14-1-3-21(30)19(26)10-14/h1-4,9-11,13,17-18,24,29-30H,5-8,26H2. The molecule has 32 heavy (non-hydrogen) atoms. The number of ether oxygens (including phenoxy) is 2. The van der Waals surface area contributed by atoms with Crippen molar-refractivity contribution in [2.45, 2.75) is 25.1 Å². The fourth-order valence-corrected chi connectivity index (χ4v) is 4.20. The molecule has 2 atom stereocenters. The van der Waals surface area contributed by atoms with Crippen molar-refractivity contribution in [1.29, 1.82) is 5.26 Å². The molecule has 0 aromatic heterocycles. The Kier molecular flexibility index (Phi) is 5.25. The van der Waals surface area contributed by atoms with Crippen LogP contribution in [0.1, 0.15) is 29.5 Å². The zero-order chi connectivity index (χ0) is 22.1. The van der Waals surface area contributed by atoms with Crippen LogP contribution in [0.25, 0.3) is 5.70 Å². The van der Waals surface area contributed by atoms with Crippen molar-refractivity contribution < 1.29 is 14.6 Å². The van der Waals surface area contributed by atoms with Gasteiger partial charge in [0.2, 0.25) is 0 Å². The van der Waals surface area contributed by atoms with Gasteiger partial charge in [0.1, 0.15) is 36.2 Å². The third-order valence-corrected chi connectivity index (χ3v) is 5.93. The zero-order valence-corrected chi connectivity index (χ0v) is 17.4. The molecule has 0 spiro atoms. The number of phenolic OH excluding ortho intramolecular Hbond substituents is 1. The number of aromatic hydroxyl groups is 1. The largest absolute Gasteiger partial charge is 0.506 e. The van der Waals surface area contributed by atoms with Gasteiger partial charge >= 0.3 is 0 Å². The average molecular weight is 429 g/mol. The highest BCUT2D eigenvalue weighted by molar-refractivity contribution is 6.09. The zero-order valence-electron chi connectivity index (χ0n) is 17.4. The van der Waals surface area contributed by atoms with Crippen LogP contribution in [0.15, 0.2) is 52.5 Å². The molecule has 3 aliphatic rings. The lowest BCUT2D eigenvalue weighted by atomic mass is 9.93. The molecule has 0 amide bonds. The summed E-state index contributed by atoms with van der Waals surface area (Å²) in [5, 5.41) is 22.8. The van der Waals surface area contributed by atoms with Crippen molar-refractivity contribution >= 4 is 23.4 Å². The van der Waals surface area contributed by atoms with E-state index in [1.54, 1.807) is 24.5 Å². The number of rotatable bonds is 4. The fraction of sp³-hybridized carbons (Fsp3) is 0.292. The molecule has 1 saturated heterocycles. The van der Waals surface area contributed by atoms with Gasteiger partial charge in [-0.3, -0.25) is 0 Å². The van der Waals surface area contributed by atoms with Crippen LogP contribution in [0.5, 0.6) is 11.5 Å². The molecule has 3 aliphatic heterocycles. The SMILES string of the molecule is N#Cc1cc(C2=NC=NC3NC(c4ccc(O)c(N)c4)=CC23)ccc1OC1CCOCC1. The molecular formula is C24H23N5O3. The van der Waals surface area contributed by atoms with Crippen LogP contribution in [0.2, 0.25) is 0 Å². The Morgan fingerprint density at radius 3 is 2.75 bits per heavy atom. The maximum Gasteiger partial charge on any atom is 0.138 e. The lowest BCUT2D eigenvalue weighted by Gasteiger charge is -2.24. The summed E-state index contributed by atoms with van der Waals surface area (Å²) >= 11 is 0. The van der Waals surface area contributed by atoms with Crippen molar-refractivity contribution in [1.82, 2.24) is 5.32 Å². The van der Waals surface area contributed by atoms with E-state index in [4.69, 9.17) is 15.2 Å². The fourth-order valence-electron chi connectivity index (χ4n) is 4.20. The first-order valence-corrected chi connectivity index (χ1v) is 10.6. The van der Waals surface area contributed by atoms with E-state index in [0.717, 1.165) is 35.4 Å². The normalized spacial score (nSPS) is 22.3. The van der Waals surface area contributed by atoms with Gasteiger partial charge in [-0.2, -0.15) is 5.26 Å². The second-order valence-corrected chi connectivity index (χ2v) is 8.00. The van der Waals surface area contributed by atoms with Crippen molar-refractivity contribution in [2.24, 2.45) is 15.9 Å². The minimum atomic E-state index is -0.198. The highest BCUT2D eigenvalue weighted by Gasteiger charge is 2.33. The third kappa shape index (κ3) is 3.79. The number of hydrogen-bond acceptors (Lipinski definition) is 8. The molecule has 2 aromatic rings. The molecule has 3 heterocycles. The summed E-state index contributed by atoms with van der Waals surface area (Å²) in [6.07, 6.45) is 5.11. The van der Waals surface area contributed by atoms with Gasteiger partial charge in [0, 0.05) is 18.5 Å². The van der Waals surface area contributed by atoms with Crippen LogP contribution in [0, 0.1) is 17.2 Å². The molecule has 2 aromatic carbocycles. The quantitative estimate of drug-likeness (QED) is 0.507. The Balaban J connectivity index is 1.42. The minimum Gasteiger partial charge on any atom is -0.506 e. The summed E-state index contributed by atoms with van der Waals surface area (Å²) < 4.78 is 11.5. The first-order valence-electron chi connectivity index (χ1n) is 10.6. The lowest BCUT2D eigenvalue weighted by molar-refractivity contribution is 0.0254. The monoisotopic (exact) mass is 429 g/mol. The van der Waals surface area contributed by atoms with E-state index in [-0.39, 0.29) is 23.9 Å². The molecule has 162 valence electrons. The number of benzene rings is 2. The van der Waals surface area contributed by atoms with Gasteiger partial charge in [-0.25, -0.2) is 9.98 Å². The van der Waals surface area contributed by atoms with Gasteiger partial charge in [0.15, 0.2) is 0 Å². The van der Waals surface area contributed by atoms with Crippen molar-refractivity contribution in [3.05, 3.63) is 59.2 Å². The predicted octanol–water partition coefficient (Wildman–Crippen LogP) is 2.82. The summed E-state index contributed by atoms with van der Waals surface area (Å²) in [7, 11) is 0. The van der Waals surface area contributed by atoms with Crippen molar-refractivity contribution in [2.75, 3.05) is 18.9 Å². The number of nitrogens with zero attached hydrogens (tertiary/aromatic N) is 3. The number of phenols is 1. The Morgan fingerprint density at radius 1 is 1.16 bits per heavy atom. The molecule has 0 bridgehead atoms. The van der Waals surface area contributed by atoms with Gasteiger partial charge in [-0.1, -0.05) is 0 Å². The highest BCUT2D eigenvalue weighted by Crippen LogP contribution is 2.33. The van der Waals surface area contributed by atoms with Crippen LogP contribution >= 0.6 is 0 Å². The van der Waals surface area contributed by atoms with E-state index in [9.17, 15) is 10.4 Å². The van der Waals surface area contributed by atoms with Gasteiger partial charge in [0.05, 0.1) is 36.1 Å². The smallest absolute Gasteiger partial charge is 0.138 e. The van der Waals surface area contributed by atoms with E-state index in [2.05, 4.69) is 27.4 Å². The summed E-state index contributed by atoms with van der Waals surface area (Å²) in [5.41, 5.74) is 10.1. The van der Waals surface area contributed by atoms with Gasteiger partial charge in [-0.15, -0.1) is 0 Å². The van der Waals surface area contributed by atoms with Crippen molar-refractivity contribution in [3.8, 4) is 17.6 Å². The molecule has 8 heteroatoms. The van der Waals surface area contributed by atoms with Gasteiger partial charge < -0.3 is 25.6 Å². The summed E-state index contributed by atoms with van der Waals surface area (Å²) in [4.78, 5) is 8.99. The Morgan fingerprint density at radius 2 is 1.97 bits per heavy atom. The molecule has 0 radical (unpaired) electrons. The summed E-state index contributed by atoms with van der Waals surface area (Å²) in [6.45, 7) is 1.36. The number of nitriles is 1. The van der Waals surface area contributed by atoms with Crippen molar-refractivity contribution in [3.63, 3.8) is 0 Å². The Labute approximate surface area is 185 Å². The maximum atomic E-state index is 9.72. The van der Waals surface area contributed by atoms with Crippen LogP contribution in [0.3, 0.4) is 0 Å². The number of hydrogen-bond donors (Lipinski definition) is 3. The molecule has 0 aliphatic carbocycles. The number of nitrogens with two attached hydrogens (primary N) is 1. The average Bonchev–Trinajstić information content (AvgIpc) is 3.26. The van der Waals surface area contributed by atoms with E-state index in [1.165, 1.54) is 0 Å². The van der Waals surface area contributed by atoms with E-state index >= 15 is 0 Å². The number of nitrogen functional groups attached to an aromatic ring is 1. The molecule has 4 N–H and O–H groups in total. The van der Waals surface area contributed by atoms with Crippen LogP contribution in [-0.4, -0.2) is 42.6 Å². The summed E-state index contributed by atoms with van der Waals surface area (Å²) in [6, 6.07) is 13.0. The first-order chi connectivity index (χ1) is 15.6. The Bertz CT molecular complexity index is 1170. The molecule has 1 fully saturated rings. The lowest BCUT2D eigenvalue weighted by Crippen LogP contribution is -2.33. The second-order valence-electron chi connectivity index (χ2n) is 8.00. The van der Waals surface area contributed by atoms with Gasteiger partial charge in [0.25, 0.3) is 0 Å². The number of nitrogens with one attached hydrogen (secondary N) is 1. The van der Waals surface area contributed by atoms with E-state index < -0.39 is 0 Å². The summed E-state index contributed by atoms with van der Waals surface area (Å²) in [5.74, 6) is 0.543. The number of aliphatic imine (C=N–C) groups is 2. The molecule has 2 unspecified atom stereocenters. The number of anilines is 1. The predicted molar refractivity (Wildman–Crippen MR) is 122 cm³/mol. The van der Waals surface area contributed by atoms with Crippen LogP contribution in [-0.2, 0) is 4.74 Å². The van der Waals surface area contributed by atoms with E-state index in [1.807, 2.05) is 18.2 Å². The minimum absolute atomic E-state index is 0.0529. The second kappa shape index (κ2) is 8.36. The first kappa shape index (κ1) is 20.1. The molecule has 8 nitrogen and oxygen atoms in total. The Hall–Kier alpha value is -3.83. The topological polar surface area (TPSA) is 125 Å². The highest BCUT2D eigenvalue weighted by atomic mass is 16.5. The maximum absolute atomic E-state index is 9.72. The molecule has 5 rings (SSSR count). The van der Waals surface area contributed by atoms with Crippen LogP contribution in [0.4, 0.5) is 5.69 Å². The van der Waals surface area contributed by atoms with Crippen LogP contribution < -0.4 is 15.8 Å². The molecule has 0 saturated carbocycles. The van der Waals surface area contributed by atoms with E-state index in [0.29, 0.717) is 30.2 Å².